The molecule has 0 spiro atoms. The van der Waals surface area contributed by atoms with E-state index >= 15 is 0 Å². The molecular formula is Cl3EuY+3. The number of hydrogen-bond donors (Lipinski definition) is 0. The van der Waals surface area contributed by atoms with Gasteiger partial charge in [-0.25, -0.2) is 0 Å². The maximum Gasteiger partial charge on any atom is 3.00 e. The summed E-state index contributed by atoms with van der Waals surface area (Å²) in [6.45, 7) is 0. The van der Waals surface area contributed by atoms with E-state index in [1.807, 2.05) is 0 Å². The van der Waals surface area contributed by atoms with Crippen molar-refractivity contribution >= 4 is 0 Å². The van der Waals surface area contributed by atoms with E-state index in [2.05, 4.69) is 0 Å². The summed E-state index contributed by atoms with van der Waals surface area (Å²) < 4.78 is 0. The molecule has 0 atom stereocenters. The van der Waals surface area contributed by atoms with Gasteiger partial charge in [0.1, 0.15) is 0 Å². The van der Waals surface area contributed by atoms with Gasteiger partial charge in [-0.05, 0) is 0 Å². The van der Waals surface area contributed by atoms with Gasteiger partial charge in [0.05, 0.1) is 0 Å². The molecule has 0 aliphatic heterocycles. The summed E-state index contributed by atoms with van der Waals surface area (Å²) in [5.74, 6) is 0. The van der Waals surface area contributed by atoms with Crippen molar-refractivity contribution in [3.05, 3.63) is 0 Å². The van der Waals surface area contributed by atoms with E-state index in [4.69, 9.17) is 0 Å². The van der Waals surface area contributed by atoms with Gasteiger partial charge in [0.2, 0.25) is 0 Å². The van der Waals surface area contributed by atoms with Crippen LogP contribution < -0.4 is 37.2 Å². The third-order valence-electron chi connectivity index (χ3n) is 0. The molecule has 28 valence electrons. The molecule has 0 bridgehead atoms. The molecule has 0 unspecified atom stereocenters. The molecule has 0 radical (unpaired) electrons. The van der Waals surface area contributed by atoms with E-state index in [9.17, 15) is 0 Å². The van der Waals surface area contributed by atoms with Crippen molar-refractivity contribution in [2.75, 3.05) is 0 Å². The Kier molecular flexibility index (Phi) is 198. The Morgan fingerprint density at radius 2 is 0.600 bits per heavy atom. The Labute approximate surface area is 116 Å². The molecule has 0 fully saturated rings. The monoisotopic (exact) mass is 347 g/mol. The fourth-order valence-corrected chi connectivity index (χ4v) is 0. The van der Waals surface area contributed by atoms with E-state index in [1.165, 1.54) is 0 Å². The van der Waals surface area contributed by atoms with Crippen LogP contribution in [0, 0.1) is 49.4 Å². The van der Waals surface area contributed by atoms with Crippen LogP contribution in [0.3, 0.4) is 0 Å². The second-order valence-electron chi connectivity index (χ2n) is 0. The van der Waals surface area contributed by atoms with Gasteiger partial charge < -0.3 is 37.2 Å². The Bertz CT molecular complexity index is 6.85. The maximum absolute atomic E-state index is 0. The standard InChI is InChI=1S/3ClH.Eu.Y/h3*1H;;/q;;;2*+3/p-3. The van der Waals surface area contributed by atoms with E-state index < -0.39 is 0 Å². The molecule has 0 amide bonds. The second-order valence-corrected chi connectivity index (χ2v) is 0. The topological polar surface area (TPSA) is 0 Å². The van der Waals surface area contributed by atoms with Gasteiger partial charge in [0.25, 0.3) is 0 Å². The first-order chi connectivity index (χ1) is 0. The largest absolute Gasteiger partial charge is 3.00 e. The van der Waals surface area contributed by atoms with Crippen LogP contribution in [0.2, 0.25) is 0 Å². The van der Waals surface area contributed by atoms with Crippen molar-refractivity contribution in [2.24, 2.45) is 0 Å². The predicted octanol–water partition coefficient (Wildman–Crippen LogP) is -8.99. The van der Waals surface area contributed by atoms with Crippen molar-refractivity contribution in [1.82, 2.24) is 0 Å². The smallest absolute Gasteiger partial charge is 1.00 e. The van der Waals surface area contributed by atoms with Crippen LogP contribution >= 0.6 is 0 Å². The summed E-state index contributed by atoms with van der Waals surface area (Å²) in [4.78, 5) is 0. The fraction of sp³-hybridized carbons (Fsp3) is 0. The van der Waals surface area contributed by atoms with E-state index in [1.54, 1.807) is 0 Å². The quantitative estimate of drug-likeness (QED) is 0.409. The van der Waals surface area contributed by atoms with Crippen molar-refractivity contribution in [3.63, 3.8) is 0 Å². The van der Waals surface area contributed by atoms with Gasteiger partial charge in [0, 0.05) is 0 Å². The molecule has 0 N–H and O–H groups in total. The molecular weight excluding hydrogens is 347 g/mol. The molecule has 5 heteroatoms. The third-order valence-corrected chi connectivity index (χ3v) is 0. The SMILES string of the molecule is [Cl-].[Cl-].[Cl-].[Eu+3].[Y+3]. The summed E-state index contributed by atoms with van der Waals surface area (Å²) in [6, 6.07) is 0. The molecule has 0 saturated heterocycles. The molecule has 0 aromatic heterocycles. The molecule has 0 nitrogen and oxygen atoms in total. The molecule has 0 aliphatic carbocycles. The Morgan fingerprint density at radius 3 is 0.600 bits per heavy atom. The minimum atomic E-state index is 0. The molecule has 0 saturated carbocycles. The first-order valence-corrected chi connectivity index (χ1v) is 0. The van der Waals surface area contributed by atoms with Crippen LogP contribution in [-0.4, -0.2) is 0 Å². The first kappa shape index (κ1) is 38.6. The fourth-order valence-electron chi connectivity index (χ4n) is 0. The van der Waals surface area contributed by atoms with Crippen LogP contribution in [0.1, 0.15) is 0 Å². The van der Waals surface area contributed by atoms with Crippen LogP contribution in [0.5, 0.6) is 0 Å². The van der Waals surface area contributed by atoms with E-state index in [0.29, 0.717) is 0 Å². The number of rotatable bonds is 0. The van der Waals surface area contributed by atoms with Crippen LogP contribution in [0.4, 0.5) is 0 Å². The molecule has 5 heavy (non-hydrogen) atoms. The summed E-state index contributed by atoms with van der Waals surface area (Å²) in [7, 11) is 0. The van der Waals surface area contributed by atoms with Gasteiger partial charge in [-0.15, -0.1) is 0 Å². The zero-order valence-corrected chi connectivity index (χ0v) is 9.62. The first-order valence-electron chi connectivity index (χ1n) is 0. The summed E-state index contributed by atoms with van der Waals surface area (Å²) in [5, 5.41) is 0. The van der Waals surface area contributed by atoms with Crippen LogP contribution in [-0.2, 0) is 32.7 Å². The zero-order valence-electron chi connectivity index (χ0n) is 2.09. The van der Waals surface area contributed by atoms with Crippen molar-refractivity contribution in [2.45, 2.75) is 0 Å². The molecule has 0 aromatic rings. The van der Waals surface area contributed by atoms with Gasteiger partial charge in [-0.2, -0.15) is 0 Å². The molecule has 0 aliphatic rings. The Balaban J connectivity index is 0. The minimum Gasteiger partial charge on any atom is -1.00 e. The van der Waals surface area contributed by atoms with Crippen LogP contribution in [0.25, 0.3) is 0 Å². The van der Waals surface area contributed by atoms with Crippen molar-refractivity contribution in [1.29, 1.82) is 0 Å². The minimum absolute atomic E-state index is 0. The molecule has 0 heterocycles. The average Bonchev–Trinajstić information content (AvgIpc) is 0. The third kappa shape index (κ3) is 18.4. The Hall–Kier alpha value is 3.56. The van der Waals surface area contributed by atoms with E-state index in [-0.39, 0.29) is 119 Å². The second kappa shape index (κ2) is 25.7. The predicted molar refractivity (Wildman–Crippen MR) is 0 cm³/mol. The van der Waals surface area contributed by atoms with E-state index in [0.717, 1.165) is 0 Å². The zero-order chi connectivity index (χ0) is 0. The van der Waals surface area contributed by atoms with Gasteiger partial charge in [-0.1, -0.05) is 0 Å². The number of halogens is 3. The maximum atomic E-state index is 0. The van der Waals surface area contributed by atoms with Gasteiger partial charge in [0.15, 0.2) is 0 Å². The van der Waals surface area contributed by atoms with Gasteiger partial charge in [-0.3, -0.25) is 0 Å². The summed E-state index contributed by atoms with van der Waals surface area (Å²) in [6.07, 6.45) is 0. The average molecular weight is 347 g/mol. The molecule has 0 rings (SSSR count). The summed E-state index contributed by atoms with van der Waals surface area (Å²) >= 11 is 0. The molecule has 0 aromatic carbocycles. The number of hydrogen-bond acceptors (Lipinski definition) is 0. The normalized spacial score (nSPS) is 0. The van der Waals surface area contributed by atoms with Crippen molar-refractivity contribution < 1.29 is 119 Å². The Morgan fingerprint density at radius 1 is 0.600 bits per heavy atom. The van der Waals surface area contributed by atoms with Crippen LogP contribution in [0.15, 0.2) is 0 Å². The van der Waals surface area contributed by atoms with Crippen molar-refractivity contribution in [3.8, 4) is 0 Å². The summed E-state index contributed by atoms with van der Waals surface area (Å²) in [5.41, 5.74) is 0. The van der Waals surface area contributed by atoms with Gasteiger partial charge >= 0.3 is 82.1 Å².